The Balaban J connectivity index is 2.89. The molecule has 0 radical (unpaired) electrons. The fourth-order valence-corrected chi connectivity index (χ4v) is 1.86. The van der Waals surface area contributed by atoms with E-state index in [2.05, 4.69) is 5.92 Å². The summed E-state index contributed by atoms with van der Waals surface area (Å²) in [6, 6.07) is 6.65. The smallest absolute Gasteiger partial charge is 0.212 e. The van der Waals surface area contributed by atoms with Gasteiger partial charge in [-0.1, -0.05) is 18.1 Å². The van der Waals surface area contributed by atoms with Crippen molar-refractivity contribution in [3.8, 4) is 12.3 Å². The Bertz CT molecular complexity index is 426. The standard InChI is InChI=1S/C9H7ClO2S/c1-2-8-3-5-9(6-4-8)7-13(10,11)12/h1,3-6H,7H2. The lowest BCUT2D eigenvalue weighted by Gasteiger charge is -1.97. The van der Waals surface area contributed by atoms with Crippen LogP contribution in [0.5, 0.6) is 0 Å². The van der Waals surface area contributed by atoms with Crippen molar-refractivity contribution in [1.82, 2.24) is 0 Å². The minimum absolute atomic E-state index is 0.167. The van der Waals surface area contributed by atoms with Crippen molar-refractivity contribution in [2.24, 2.45) is 0 Å². The molecule has 0 unspecified atom stereocenters. The summed E-state index contributed by atoms with van der Waals surface area (Å²) in [6.45, 7) is 0. The molecular weight excluding hydrogens is 208 g/mol. The fraction of sp³-hybridized carbons (Fsp3) is 0.111. The van der Waals surface area contributed by atoms with E-state index in [1.165, 1.54) is 0 Å². The van der Waals surface area contributed by atoms with Crippen LogP contribution < -0.4 is 0 Å². The van der Waals surface area contributed by atoms with Gasteiger partial charge in [0.05, 0.1) is 5.75 Å². The number of benzene rings is 1. The number of hydrogen-bond donors (Lipinski definition) is 0. The van der Waals surface area contributed by atoms with Crippen LogP contribution in [0.3, 0.4) is 0 Å². The van der Waals surface area contributed by atoms with Gasteiger partial charge in [-0.2, -0.15) is 0 Å². The maximum Gasteiger partial charge on any atom is 0.236 e. The van der Waals surface area contributed by atoms with Gasteiger partial charge in [0.25, 0.3) is 0 Å². The highest BCUT2D eigenvalue weighted by Crippen LogP contribution is 2.10. The molecule has 0 heterocycles. The SMILES string of the molecule is C#Cc1ccc(CS(=O)(=O)Cl)cc1. The van der Waals surface area contributed by atoms with Crippen LogP contribution in [0.1, 0.15) is 11.1 Å². The van der Waals surface area contributed by atoms with E-state index in [0.717, 1.165) is 5.56 Å². The minimum Gasteiger partial charge on any atom is -0.212 e. The van der Waals surface area contributed by atoms with Gasteiger partial charge in [0, 0.05) is 16.2 Å². The molecule has 0 amide bonds. The van der Waals surface area contributed by atoms with Crippen molar-refractivity contribution in [2.75, 3.05) is 0 Å². The maximum absolute atomic E-state index is 10.7. The monoisotopic (exact) mass is 214 g/mol. The van der Waals surface area contributed by atoms with Crippen molar-refractivity contribution in [1.29, 1.82) is 0 Å². The Labute approximate surface area is 82.0 Å². The fourth-order valence-electron chi connectivity index (χ4n) is 0.896. The van der Waals surface area contributed by atoms with Gasteiger partial charge in [-0.15, -0.1) is 6.42 Å². The molecule has 0 fully saturated rings. The first-order valence-electron chi connectivity index (χ1n) is 3.49. The Morgan fingerprint density at radius 3 is 2.23 bits per heavy atom. The van der Waals surface area contributed by atoms with Crippen LogP contribution in [0.4, 0.5) is 0 Å². The zero-order valence-corrected chi connectivity index (χ0v) is 8.27. The highest BCUT2D eigenvalue weighted by Gasteiger charge is 2.05. The molecule has 0 N–H and O–H groups in total. The van der Waals surface area contributed by atoms with Gasteiger partial charge in [0.1, 0.15) is 0 Å². The molecule has 68 valence electrons. The van der Waals surface area contributed by atoms with E-state index in [1.807, 2.05) is 0 Å². The second kappa shape index (κ2) is 3.82. The normalized spacial score (nSPS) is 10.8. The lowest BCUT2D eigenvalue weighted by Crippen LogP contribution is -1.94. The van der Waals surface area contributed by atoms with Crippen LogP contribution in [-0.4, -0.2) is 8.42 Å². The van der Waals surface area contributed by atoms with Crippen LogP contribution >= 0.6 is 10.7 Å². The molecule has 1 aromatic carbocycles. The summed E-state index contributed by atoms with van der Waals surface area (Å²) in [5, 5.41) is 0. The topological polar surface area (TPSA) is 34.1 Å². The van der Waals surface area contributed by atoms with Crippen molar-refractivity contribution in [3.63, 3.8) is 0 Å². The van der Waals surface area contributed by atoms with Gasteiger partial charge in [0.15, 0.2) is 0 Å². The zero-order chi connectivity index (χ0) is 9.90. The summed E-state index contributed by atoms with van der Waals surface area (Å²) in [5.74, 6) is 2.27. The first-order chi connectivity index (χ1) is 6.01. The second-order valence-corrected chi connectivity index (χ2v) is 5.30. The molecule has 0 aliphatic carbocycles. The van der Waals surface area contributed by atoms with Gasteiger partial charge in [-0.05, 0) is 17.7 Å². The summed E-state index contributed by atoms with van der Waals surface area (Å²) < 4.78 is 21.4. The number of hydrogen-bond acceptors (Lipinski definition) is 2. The lowest BCUT2D eigenvalue weighted by molar-refractivity contribution is 0.609. The molecule has 0 spiro atoms. The van der Waals surface area contributed by atoms with E-state index in [0.29, 0.717) is 5.56 Å². The number of halogens is 1. The van der Waals surface area contributed by atoms with E-state index in [-0.39, 0.29) is 5.75 Å². The predicted molar refractivity (Wildman–Crippen MR) is 52.9 cm³/mol. The number of terminal acetylenes is 1. The van der Waals surface area contributed by atoms with Crippen LogP contribution in [0.15, 0.2) is 24.3 Å². The molecular formula is C9H7ClO2S. The minimum atomic E-state index is -3.48. The molecule has 1 rings (SSSR count). The largest absolute Gasteiger partial charge is 0.236 e. The van der Waals surface area contributed by atoms with E-state index in [9.17, 15) is 8.42 Å². The van der Waals surface area contributed by atoms with Gasteiger partial charge in [0.2, 0.25) is 9.05 Å². The van der Waals surface area contributed by atoms with Gasteiger partial charge >= 0.3 is 0 Å². The van der Waals surface area contributed by atoms with Crippen LogP contribution in [0.2, 0.25) is 0 Å². The lowest BCUT2D eigenvalue weighted by atomic mass is 10.2. The number of rotatable bonds is 2. The molecule has 0 saturated carbocycles. The highest BCUT2D eigenvalue weighted by atomic mass is 35.7. The summed E-state index contributed by atoms with van der Waals surface area (Å²) in [5.41, 5.74) is 1.35. The van der Waals surface area contributed by atoms with E-state index in [1.54, 1.807) is 24.3 Å². The average molecular weight is 215 g/mol. The molecule has 0 aliphatic heterocycles. The van der Waals surface area contributed by atoms with E-state index >= 15 is 0 Å². The quantitative estimate of drug-likeness (QED) is 0.555. The molecule has 4 heteroatoms. The third-order valence-electron chi connectivity index (χ3n) is 1.46. The molecule has 0 saturated heterocycles. The Morgan fingerprint density at radius 2 is 1.85 bits per heavy atom. The van der Waals surface area contributed by atoms with Gasteiger partial charge in [-0.3, -0.25) is 0 Å². The second-order valence-electron chi connectivity index (χ2n) is 2.52. The molecule has 1 aromatic rings. The molecule has 13 heavy (non-hydrogen) atoms. The Hall–Kier alpha value is -0.980. The zero-order valence-electron chi connectivity index (χ0n) is 6.70. The summed E-state index contributed by atoms with van der Waals surface area (Å²) in [4.78, 5) is 0. The first-order valence-corrected chi connectivity index (χ1v) is 5.97. The van der Waals surface area contributed by atoms with Crippen LogP contribution in [0.25, 0.3) is 0 Å². The average Bonchev–Trinajstić information content (AvgIpc) is 2.03. The molecule has 0 aliphatic rings. The summed E-state index contributed by atoms with van der Waals surface area (Å²) >= 11 is 0. The molecule has 0 aromatic heterocycles. The van der Waals surface area contributed by atoms with Crippen molar-refractivity contribution in [3.05, 3.63) is 35.4 Å². The maximum atomic E-state index is 10.7. The Morgan fingerprint density at radius 1 is 1.31 bits per heavy atom. The molecule has 0 atom stereocenters. The summed E-state index contributed by atoms with van der Waals surface area (Å²) in [7, 11) is 1.60. The predicted octanol–water partition coefficient (Wildman–Crippen LogP) is 1.74. The summed E-state index contributed by atoms with van der Waals surface area (Å²) in [6.07, 6.45) is 5.13. The molecule has 2 nitrogen and oxygen atoms in total. The Kier molecular flexibility index (Phi) is 2.97. The van der Waals surface area contributed by atoms with Crippen LogP contribution in [-0.2, 0) is 14.8 Å². The first kappa shape index (κ1) is 10.1. The van der Waals surface area contributed by atoms with Gasteiger partial charge in [-0.25, -0.2) is 8.42 Å². The third kappa shape index (κ3) is 3.49. The van der Waals surface area contributed by atoms with Crippen molar-refractivity contribution < 1.29 is 8.42 Å². The van der Waals surface area contributed by atoms with Crippen molar-refractivity contribution >= 4 is 19.7 Å². The van der Waals surface area contributed by atoms with E-state index < -0.39 is 9.05 Å². The third-order valence-corrected chi connectivity index (χ3v) is 2.47. The van der Waals surface area contributed by atoms with Crippen LogP contribution in [0, 0.1) is 12.3 Å². The van der Waals surface area contributed by atoms with E-state index in [4.69, 9.17) is 17.1 Å². The molecule has 0 bridgehead atoms. The van der Waals surface area contributed by atoms with Crippen molar-refractivity contribution in [2.45, 2.75) is 5.75 Å². The van der Waals surface area contributed by atoms with Gasteiger partial charge < -0.3 is 0 Å². The highest BCUT2D eigenvalue weighted by molar-refractivity contribution is 8.13.